The Morgan fingerprint density at radius 2 is 1.93 bits per heavy atom. The van der Waals surface area contributed by atoms with Crippen LogP contribution in [0.2, 0.25) is 0 Å². The van der Waals surface area contributed by atoms with Gasteiger partial charge < -0.3 is 19.6 Å². The summed E-state index contributed by atoms with van der Waals surface area (Å²) in [5, 5.41) is 10.9. The molecule has 0 spiro atoms. The van der Waals surface area contributed by atoms with Gasteiger partial charge in [0.2, 0.25) is 0 Å². The summed E-state index contributed by atoms with van der Waals surface area (Å²) in [5.41, 5.74) is 1.03. The molecule has 0 amide bonds. The van der Waals surface area contributed by atoms with E-state index in [4.69, 9.17) is 8.94 Å². The monoisotopic (exact) mass is 389 g/mol. The Morgan fingerprint density at radius 3 is 2.50 bits per heavy atom. The molecule has 28 heavy (non-hydrogen) atoms. The maximum absolute atomic E-state index is 5.66. The molecule has 0 aliphatic rings. The first kappa shape index (κ1) is 22.0. The normalized spacial score (nSPS) is 13.3. The van der Waals surface area contributed by atoms with Crippen LogP contribution >= 0.6 is 0 Å². The summed E-state index contributed by atoms with van der Waals surface area (Å²) in [4.78, 5) is 6.68. The van der Waals surface area contributed by atoms with Crippen molar-refractivity contribution in [3.63, 3.8) is 0 Å². The zero-order valence-corrected chi connectivity index (χ0v) is 17.9. The Kier molecular flexibility index (Phi) is 9.07. The molecule has 0 fully saturated rings. The van der Waals surface area contributed by atoms with E-state index in [1.807, 2.05) is 18.2 Å². The molecule has 0 saturated heterocycles. The number of hydrogen-bond acceptors (Lipinski definition) is 5. The molecule has 0 aliphatic heterocycles. The van der Waals surface area contributed by atoms with Crippen molar-refractivity contribution >= 4 is 5.96 Å². The minimum absolute atomic E-state index is 0.148. The van der Waals surface area contributed by atoms with Crippen molar-refractivity contribution in [2.24, 2.45) is 4.99 Å². The van der Waals surface area contributed by atoms with E-state index in [9.17, 15) is 0 Å². The Hall–Kier alpha value is -2.28. The first-order valence-electron chi connectivity index (χ1n) is 10.3. The standard InChI is InChI=1S/C21H35N5O2/c1-6-16(7-2)18-13-17(28-25-18)14-23-21(22-5)24-15-19(26(8-3)9-4)20-11-10-12-27-20/h10-13,16,19H,6-9,14-15H2,1-5H3,(H2,22,23,24). The van der Waals surface area contributed by atoms with Gasteiger partial charge in [-0.1, -0.05) is 32.9 Å². The van der Waals surface area contributed by atoms with Gasteiger partial charge in [0, 0.05) is 25.6 Å². The van der Waals surface area contributed by atoms with Gasteiger partial charge in [0.15, 0.2) is 11.7 Å². The summed E-state index contributed by atoms with van der Waals surface area (Å²) in [6.45, 7) is 11.8. The van der Waals surface area contributed by atoms with Gasteiger partial charge in [0.1, 0.15) is 5.76 Å². The fourth-order valence-electron chi connectivity index (χ4n) is 3.45. The van der Waals surface area contributed by atoms with Crippen LogP contribution in [0.4, 0.5) is 0 Å². The first-order valence-corrected chi connectivity index (χ1v) is 10.3. The summed E-state index contributed by atoms with van der Waals surface area (Å²) < 4.78 is 11.1. The predicted molar refractivity (Wildman–Crippen MR) is 112 cm³/mol. The van der Waals surface area contributed by atoms with Gasteiger partial charge in [-0.15, -0.1) is 0 Å². The second-order valence-electron chi connectivity index (χ2n) is 6.79. The molecule has 7 nitrogen and oxygen atoms in total. The lowest BCUT2D eigenvalue weighted by Gasteiger charge is -2.28. The quantitative estimate of drug-likeness (QED) is 0.448. The minimum Gasteiger partial charge on any atom is -0.468 e. The van der Waals surface area contributed by atoms with Crippen molar-refractivity contribution in [2.75, 3.05) is 26.7 Å². The van der Waals surface area contributed by atoms with Crippen LogP contribution in [0.25, 0.3) is 0 Å². The second-order valence-corrected chi connectivity index (χ2v) is 6.79. The number of furan rings is 1. The molecule has 1 unspecified atom stereocenters. The van der Waals surface area contributed by atoms with E-state index in [1.54, 1.807) is 13.3 Å². The molecule has 0 bridgehead atoms. The molecule has 2 aromatic rings. The summed E-state index contributed by atoms with van der Waals surface area (Å²) in [7, 11) is 1.77. The molecular formula is C21H35N5O2. The van der Waals surface area contributed by atoms with Crippen LogP contribution in [0, 0.1) is 0 Å². The van der Waals surface area contributed by atoms with E-state index in [1.165, 1.54) is 0 Å². The fraction of sp³-hybridized carbons (Fsp3) is 0.619. The maximum atomic E-state index is 5.66. The number of rotatable bonds is 11. The predicted octanol–water partition coefficient (Wildman–Crippen LogP) is 3.92. The van der Waals surface area contributed by atoms with E-state index >= 15 is 0 Å². The van der Waals surface area contributed by atoms with E-state index in [0.717, 1.165) is 49.1 Å². The number of nitrogens with zero attached hydrogens (tertiary/aromatic N) is 3. The zero-order chi connectivity index (χ0) is 20.4. The van der Waals surface area contributed by atoms with Gasteiger partial charge >= 0.3 is 0 Å². The highest BCUT2D eigenvalue weighted by atomic mass is 16.5. The lowest BCUT2D eigenvalue weighted by molar-refractivity contribution is 0.193. The van der Waals surface area contributed by atoms with Gasteiger partial charge in [-0.3, -0.25) is 9.89 Å². The van der Waals surface area contributed by atoms with E-state index < -0.39 is 0 Å². The maximum Gasteiger partial charge on any atom is 0.191 e. The highest BCUT2D eigenvalue weighted by Gasteiger charge is 2.21. The van der Waals surface area contributed by atoms with E-state index in [-0.39, 0.29) is 6.04 Å². The Balaban J connectivity index is 1.93. The number of likely N-dealkylation sites (N-methyl/N-ethyl adjacent to an activating group) is 1. The number of guanidine groups is 1. The summed E-state index contributed by atoms with van der Waals surface area (Å²) in [6, 6.07) is 6.14. The third-order valence-electron chi connectivity index (χ3n) is 5.22. The van der Waals surface area contributed by atoms with Gasteiger partial charge in [-0.25, -0.2) is 0 Å². The summed E-state index contributed by atoms with van der Waals surface area (Å²) >= 11 is 0. The molecule has 1 atom stereocenters. The smallest absolute Gasteiger partial charge is 0.191 e. The number of nitrogens with one attached hydrogen (secondary N) is 2. The lowest BCUT2D eigenvalue weighted by Crippen LogP contribution is -2.42. The molecule has 156 valence electrons. The second kappa shape index (κ2) is 11.5. The lowest BCUT2D eigenvalue weighted by atomic mass is 9.99. The molecular weight excluding hydrogens is 354 g/mol. The van der Waals surface area contributed by atoms with Crippen LogP contribution in [0.15, 0.2) is 38.4 Å². The molecule has 0 saturated carbocycles. The molecule has 2 N–H and O–H groups in total. The van der Waals surface area contributed by atoms with Crippen molar-refractivity contribution in [1.82, 2.24) is 20.7 Å². The van der Waals surface area contributed by atoms with Crippen LogP contribution in [0.5, 0.6) is 0 Å². The SMILES string of the molecule is CCC(CC)c1cc(CNC(=NC)NCC(c2ccco2)N(CC)CC)on1. The Labute approximate surface area is 168 Å². The molecule has 0 aliphatic carbocycles. The van der Waals surface area contributed by atoms with Gasteiger partial charge in [-0.2, -0.15) is 0 Å². The molecule has 2 heterocycles. The highest BCUT2D eigenvalue weighted by molar-refractivity contribution is 5.79. The van der Waals surface area contributed by atoms with Gasteiger partial charge in [0.25, 0.3) is 0 Å². The van der Waals surface area contributed by atoms with Crippen LogP contribution in [-0.4, -0.2) is 42.7 Å². The average Bonchev–Trinajstić information content (AvgIpc) is 3.41. The molecule has 7 heteroatoms. The number of hydrogen-bond donors (Lipinski definition) is 2. The Morgan fingerprint density at radius 1 is 1.18 bits per heavy atom. The van der Waals surface area contributed by atoms with E-state index in [2.05, 4.69) is 53.4 Å². The van der Waals surface area contributed by atoms with Crippen LogP contribution < -0.4 is 10.6 Å². The van der Waals surface area contributed by atoms with Crippen molar-refractivity contribution < 1.29 is 8.94 Å². The average molecular weight is 390 g/mol. The van der Waals surface area contributed by atoms with Crippen LogP contribution in [0.1, 0.15) is 69.7 Å². The highest BCUT2D eigenvalue weighted by Crippen LogP contribution is 2.22. The molecule has 2 aromatic heterocycles. The third-order valence-corrected chi connectivity index (χ3v) is 5.22. The summed E-state index contributed by atoms with van der Waals surface area (Å²) in [5.74, 6) is 2.95. The topological polar surface area (TPSA) is 78.8 Å². The van der Waals surface area contributed by atoms with Crippen molar-refractivity contribution in [2.45, 2.75) is 59.0 Å². The van der Waals surface area contributed by atoms with Crippen molar-refractivity contribution in [3.8, 4) is 0 Å². The van der Waals surface area contributed by atoms with Crippen molar-refractivity contribution in [3.05, 3.63) is 41.7 Å². The molecule has 0 aromatic carbocycles. The van der Waals surface area contributed by atoms with Crippen LogP contribution in [-0.2, 0) is 6.54 Å². The largest absolute Gasteiger partial charge is 0.468 e. The third kappa shape index (κ3) is 5.86. The molecule has 0 radical (unpaired) electrons. The fourth-order valence-corrected chi connectivity index (χ4v) is 3.45. The Bertz CT molecular complexity index is 687. The number of aromatic nitrogens is 1. The summed E-state index contributed by atoms with van der Waals surface area (Å²) in [6.07, 6.45) is 3.86. The van der Waals surface area contributed by atoms with Crippen molar-refractivity contribution in [1.29, 1.82) is 0 Å². The minimum atomic E-state index is 0.148. The molecule has 2 rings (SSSR count). The number of aliphatic imine (C=N–C) groups is 1. The van der Waals surface area contributed by atoms with E-state index in [0.29, 0.717) is 19.0 Å². The first-order chi connectivity index (χ1) is 13.7. The van der Waals surface area contributed by atoms with Gasteiger partial charge in [0.05, 0.1) is 24.5 Å². The zero-order valence-electron chi connectivity index (χ0n) is 17.9. The van der Waals surface area contributed by atoms with Gasteiger partial charge in [-0.05, 0) is 38.1 Å². The van der Waals surface area contributed by atoms with Crippen LogP contribution in [0.3, 0.4) is 0 Å².